The van der Waals surface area contributed by atoms with Gasteiger partial charge in [0, 0.05) is 12.5 Å². The van der Waals surface area contributed by atoms with Crippen molar-refractivity contribution >= 4 is 11.9 Å². The van der Waals surface area contributed by atoms with Crippen molar-refractivity contribution in [1.82, 2.24) is 4.90 Å². The van der Waals surface area contributed by atoms with Gasteiger partial charge in [-0.05, 0) is 25.7 Å². The Hall–Kier alpha value is -1.06. The quantitative estimate of drug-likeness (QED) is 0.820. The summed E-state index contributed by atoms with van der Waals surface area (Å²) in [5.74, 6) is -0.624. The topological polar surface area (TPSA) is 57.6 Å². The molecule has 0 spiro atoms. The number of carbonyl (C=O) groups excluding carboxylic acids is 1. The zero-order valence-electron chi connectivity index (χ0n) is 11.2. The van der Waals surface area contributed by atoms with Gasteiger partial charge in [0.15, 0.2) is 0 Å². The number of aliphatic carboxylic acids is 1. The Balaban J connectivity index is 2.76. The van der Waals surface area contributed by atoms with Crippen LogP contribution in [-0.4, -0.2) is 35.0 Å². The lowest BCUT2D eigenvalue weighted by Crippen LogP contribution is -2.48. The number of hydrogen-bond donors (Lipinski definition) is 1. The largest absolute Gasteiger partial charge is 0.480 e. The second-order valence-electron chi connectivity index (χ2n) is 5.63. The van der Waals surface area contributed by atoms with Crippen molar-refractivity contribution in [1.29, 1.82) is 0 Å². The fourth-order valence-electron chi connectivity index (χ4n) is 2.62. The van der Waals surface area contributed by atoms with Gasteiger partial charge in [0.2, 0.25) is 5.91 Å². The van der Waals surface area contributed by atoms with Gasteiger partial charge < -0.3 is 10.0 Å². The van der Waals surface area contributed by atoms with Crippen molar-refractivity contribution in [3.63, 3.8) is 0 Å². The third-order valence-electron chi connectivity index (χ3n) is 4.19. The minimum absolute atomic E-state index is 0.0562. The first kappa shape index (κ1) is 14.0. The van der Waals surface area contributed by atoms with E-state index in [2.05, 4.69) is 0 Å². The summed E-state index contributed by atoms with van der Waals surface area (Å²) < 4.78 is 0. The Kier molecular flexibility index (Phi) is 4.17. The molecule has 1 unspecified atom stereocenters. The van der Waals surface area contributed by atoms with E-state index in [0.29, 0.717) is 5.92 Å². The van der Waals surface area contributed by atoms with Crippen LogP contribution in [-0.2, 0) is 9.59 Å². The molecule has 1 aliphatic carbocycles. The maximum absolute atomic E-state index is 12.4. The van der Waals surface area contributed by atoms with E-state index in [1.54, 1.807) is 14.0 Å². The molecule has 4 nitrogen and oxygen atoms in total. The molecule has 0 saturated heterocycles. The van der Waals surface area contributed by atoms with E-state index in [-0.39, 0.29) is 5.91 Å². The number of nitrogens with zero attached hydrogens (tertiary/aromatic N) is 1. The molecule has 0 bridgehead atoms. The van der Waals surface area contributed by atoms with E-state index in [4.69, 9.17) is 5.11 Å². The predicted octanol–water partition coefficient (Wildman–Crippen LogP) is 2.13. The first-order valence-electron chi connectivity index (χ1n) is 6.28. The molecule has 1 atom stereocenters. The Morgan fingerprint density at radius 2 is 1.76 bits per heavy atom. The summed E-state index contributed by atoms with van der Waals surface area (Å²) in [6.07, 6.45) is 4.52. The summed E-state index contributed by atoms with van der Waals surface area (Å²) in [6.45, 7) is 5.43. The van der Waals surface area contributed by atoms with Crippen LogP contribution in [0.5, 0.6) is 0 Å². The molecule has 98 valence electrons. The molecule has 1 fully saturated rings. The van der Waals surface area contributed by atoms with Gasteiger partial charge in [-0.15, -0.1) is 0 Å². The average Bonchev–Trinajstić information content (AvgIpc) is 2.79. The normalized spacial score (nSPS) is 19.1. The molecule has 1 N–H and O–H groups in total. The van der Waals surface area contributed by atoms with E-state index in [9.17, 15) is 9.59 Å². The van der Waals surface area contributed by atoms with Gasteiger partial charge in [-0.25, -0.2) is 4.79 Å². The van der Waals surface area contributed by atoms with Crippen molar-refractivity contribution in [2.45, 2.75) is 52.5 Å². The lowest BCUT2D eigenvalue weighted by Gasteiger charge is -2.35. The average molecular weight is 241 g/mol. The standard InChI is InChI=1S/C13H23NO3/c1-9(11(15)16)14(4)12(17)13(2,3)10-7-5-6-8-10/h9-10H,5-8H2,1-4H3,(H,15,16). The highest BCUT2D eigenvalue weighted by Crippen LogP contribution is 2.40. The number of carboxylic acids is 1. The van der Waals surface area contributed by atoms with Gasteiger partial charge in [-0.1, -0.05) is 26.7 Å². The molecule has 4 heteroatoms. The number of rotatable bonds is 4. The molecule has 0 heterocycles. The van der Waals surface area contributed by atoms with Gasteiger partial charge in [0.05, 0.1) is 0 Å². The maximum Gasteiger partial charge on any atom is 0.326 e. The number of carboxylic acid groups (broad SMARTS) is 1. The first-order valence-corrected chi connectivity index (χ1v) is 6.28. The summed E-state index contributed by atoms with van der Waals surface area (Å²) in [5, 5.41) is 8.94. The number of hydrogen-bond acceptors (Lipinski definition) is 2. The van der Waals surface area contributed by atoms with Gasteiger partial charge in [-0.2, -0.15) is 0 Å². The molecule has 0 aromatic heterocycles. The third kappa shape index (κ3) is 2.79. The second kappa shape index (κ2) is 5.07. The minimum Gasteiger partial charge on any atom is -0.480 e. The molecule has 1 saturated carbocycles. The van der Waals surface area contributed by atoms with E-state index >= 15 is 0 Å². The fraction of sp³-hybridized carbons (Fsp3) is 0.846. The fourth-order valence-corrected chi connectivity index (χ4v) is 2.62. The molecule has 1 amide bonds. The summed E-state index contributed by atoms with van der Waals surface area (Å²) in [6, 6.07) is -0.761. The lowest BCUT2D eigenvalue weighted by molar-refractivity contribution is -0.153. The van der Waals surface area contributed by atoms with Crippen LogP contribution < -0.4 is 0 Å². The van der Waals surface area contributed by atoms with Crippen LogP contribution in [0.2, 0.25) is 0 Å². The molecular weight excluding hydrogens is 218 g/mol. The molecule has 1 rings (SSSR count). The van der Waals surface area contributed by atoms with Gasteiger partial charge in [0.1, 0.15) is 6.04 Å². The number of amides is 1. The van der Waals surface area contributed by atoms with Gasteiger partial charge >= 0.3 is 5.97 Å². The molecule has 0 aromatic carbocycles. The highest BCUT2D eigenvalue weighted by Gasteiger charge is 2.41. The SMILES string of the molecule is CC(C(=O)O)N(C)C(=O)C(C)(C)C1CCCC1. The summed E-state index contributed by atoms with van der Waals surface area (Å²) in [7, 11) is 1.58. The van der Waals surface area contributed by atoms with E-state index in [1.807, 2.05) is 13.8 Å². The Labute approximate surface area is 103 Å². The maximum atomic E-state index is 12.4. The Morgan fingerprint density at radius 3 is 2.18 bits per heavy atom. The second-order valence-corrected chi connectivity index (χ2v) is 5.63. The van der Waals surface area contributed by atoms with Crippen LogP contribution in [0.4, 0.5) is 0 Å². The zero-order chi connectivity index (χ0) is 13.2. The highest BCUT2D eigenvalue weighted by atomic mass is 16.4. The lowest BCUT2D eigenvalue weighted by atomic mass is 9.76. The van der Waals surface area contributed by atoms with Crippen LogP contribution >= 0.6 is 0 Å². The molecular formula is C13H23NO3. The molecule has 1 aliphatic rings. The van der Waals surface area contributed by atoms with Gasteiger partial charge in [-0.3, -0.25) is 4.79 Å². The van der Waals surface area contributed by atoms with Crippen LogP contribution in [0.15, 0.2) is 0 Å². The van der Waals surface area contributed by atoms with Crippen LogP contribution in [0.1, 0.15) is 46.5 Å². The van der Waals surface area contributed by atoms with E-state index in [0.717, 1.165) is 12.8 Å². The number of carbonyl (C=O) groups is 2. The minimum atomic E-state index is -0.955. The Morgan fingerprint density at radius 1 is 1.29 bits per heavy atom. The van der Waals surface area contributed by atoms with Crippen molar-refractivity contribution in [3.8, 4) is 0 Å². The number of likely N-dealkylation sites (N-methyl/N-ethyl adjacent to an activating group) is 1. The van der Waals surface area contributed by atoms with E-state index in [1.165, 1.54) is 17.7 Å². The van der Waals surface area contributed by atoms with E-state index < -0.39 is 17.4 Å². The first-order chi connectivity index (χ1) is 7.78. The summed E-state index contributed by atoms with van der Waals surface area (Å²) in [5.41, 5.74) is -0.449. The van der Waals surface area contributed by atoms with Crippen molar-refractivity contribution < 1.29 is 14.7 Å². The molecule has 0 aliphatic heterocycles. The van der Waals surface area contributed by atoms with Crippen LogP contribution in [0.3, 0.4) is 0 Å². The zero-order valence-corrected chi connectivity index (χ0v) is 11.2. The molecule has 0 aromatic rings. The monoisotopic (exact) mass is 241 g/mol. The van der Waals surface area contributed by atoms with Crippen molar-refractivity contribution in [2.75, 3.05) is 7.05 Å². The van der Waals surface area contributed by atoms with Crippen LogP contribution in [0.25, 0.3) is 0 Å². The third-order valence-corrected chi connectivity index (χ3v) is 4.19. The van der Waals surface area contributed by atoms with Gasteiger partial charge in [0.25, 0.3) is 0 Å². The smallest absolute Gasteiger partial charge is 0.326 e. The predicted molar refractivity (Wildman–Crippen MR) is 65.6 cm³/mol. The highest BCUT2D eigenvalue weighted by molar-refractivity contribution is 5.86. The van der Waals surface area contributed by atoms with Crippen molar-refractivity contribution in [2.24, 2.45) is 11.3 Å². The summed E-state index contributed by atoms with van der Waals surface area (Å²) in [4.78, 5) is 24.6. The molecule has 0 radical (unpaired) electrons. The summed E-state index contributed by atoms with van der Waals surface area (Å²) >= 11 is 0. The van der Waals surface area contributed by atoms with Crippen molar-refractivity contribution in [3.05, 3.63) is 0 Å². The Bertz CT molecular complexity index is 306. The van der Waals surface area contributed by atoms with Crippen LogP contribution in [0, 0.1) is 11.3 Å². The molecule has 17 heavy (non-hydrogen) atoms.